The van der Waals surface area contributed by atoms with Gasteiger partial charge in [-0.1, -0.05) is 56.3 Å². The van der Waals surface area contributed by atoms with Crippen molar-refractivity contribution in [3.8, 4) is 113 Å². The fourth-order valence-corrected chi connectivity index (χ4v) is 17.3. The molecule has 0 atom stereocenters. The lowest BCUT2D eigenvalue weighted by Crippen LogP contribution is -2.29. The number of rotatable bonds is 17. The average Bonchev–Trinajstić information content (AvgIpc) is 1.63. The van der Waals surface area contributed by atoms with E-state index >= 15 is 0 Å². The number of benzene rings is 4. The number of pyridine rings is 10. The lowest BCUT2D eigenvalue weighted by Gasteiger charge is -2.28. The summed E-state index contributed by atoms with van der Waals surface area (Å²) >= 11 is 0. The molecule has 0 radical (unpaired) electrons. The number of nitrogens with one attached hydrogen (secondary N) is 10. The number of carbonyl (C=O) groups is 1. The first kappa shape index (κ1) is 81.2. The summed E-state index contributed by atoms with van der Waals surface area (Å²) in [6.45, 7) is 11.1. The first-order valence-corrected chi connectivity index (χ1v) is 43.8. The van der Waals surface area contributed by atoms with Gasteiger partial charge in [0.2, 0.25) is 5.91 Å². The molecule has 0 spiro atoms. The number of amides is 1. The Labute approximate surface area is 748 Å². The zero-order valence-electron chi connectivity index (χ0n) is 72.1. The Morgan fingerprint density at radius 2 is 0.786 bits per heavy atom. The maximum Gasteiger partial charge on any atom is 0.224 e. The van der Waals surface area contributed by atoms with Gasteiger partial charge >= 0.3 is 0 Å². The van der Waals surface area contributed by atoms with Crippen LogP contribution in [0.4, 0.5) is 17.1 Å². The minimum atomic E-state index is -0.00943. The van der Waals surface area contributed by atoms with Crippen molar-refractivity contribution in [2.24, 2.45) is 5.92 Å². The molecule has 24 rings (SSSR count). The highest BCUT2D eigenvalue weighted by molar-refractivity contribution is 6.03. The van der Waals surface area contributed by atoms with Crippen LogP contribution in [0.2, 0.25) is 0 Å². The zero-order chi connectivity index (χ0) is 88.3. The third kappa shape index (κ3) is 16.7. The highest BCUT2D eigenvalue weighted by Crippen LogP contribution is 2.40. The van der Waals surface area contributed by atoms with Crippen LogP contribution in [-0.4, -0.2) is 170 Å². The summed E-state index contributed by atoms with van der Waals surface area (Å²) in [5.41, 5.74) is 30.9. The van der Waals surface area contributed by atoms with Crippen LogP contribution in [0.3, 0.4) is 0 Å². The van der Waals surface area contributed by atoms with E-state index in [1.54, 1.807) is 55.8 Å². The molecule has 0 bridgehead atoms. The molecule has 31 nitrogen and oxygen atoms in total. The molecule has 0 unspecified atom stereocenters. The van der Waals surface area contributed by atoms with Gasteiger partial charge in [0.15, 0.2) is 23.3 Å². The zero-order valence-corrected chi connectivity index (χ0v) is 72.1. The van der Waals surface area contributed by atoms with E-state index in [1.165, 1.54) is 44.1 Å². The van der Waals surface area contributed by atoms with E-state index in [9.17, 15) is 4.79 Å². The molecule has 10 N–H and O–H groups in total. The van der Waals surface area contributed by atoms with Crippen molar-refractivity contribution in [3.63, 3.8) is 0 Å². The number of aromatic nitrogens is 26. The van der Waals surface area contributed by atoms with Gasteiger partial charge in [0, 0.05) is 162 Å². The van der Waals surface area contributed by atoms with Gasteiger partial charge in [-0.2, -0.15) is 20.4 Å². The minimum Gasteiger partial charge on any atom is -0.368 e. The first-order valence-electron chi connectivity index (χ1n) is 43.8. The van der Waals surface area contributed by atoms with Crippen LogP contribution in [0.15, 0.2) is 251 Å². The summed E-state index contributed by atoms with van der Waals surface area (Å²) in [6, 6.07) is 46.6. The van der Waals surface area contributed by atoms with E-state index in [1.807, 2.05) is 162 Å². The Morgan fingerprint density at radius 3 is 1.24 bits per heavy atom. The van der Waals surface area contributed by atoms with Crippen molar-refractivity contribution in [2.45, 2.75) is 72.3 Å². The molecule has 131 heavy (non-hydrogen) atoms. The monoisotopic (exact) mass is 1720 g/mol. The molecule has 31 heteroatoms. The maximum atomic E-state index is 12.2. The Balaban J connectivity index is 0.000000106. The van der Waals surface area contributed by atoms with E-state index in [-0.39, 0.29) is 5.91 Å². The number of aryl methyl sites for hydroxylation is 1. The number of anilines is 3. The van der Waals surface area contributed by atoms with Crippen LogP contribution in [-0.2, 0) is 11.3 Å². The third-order valence-electron chi connectivity index (χ3n) is 23.8. The molecule has 18 aromatic heterocycles. The number of piperidine rings is 2. The molecule has 2 saturated heterocycles. The van der Waals surface area contributed by atoms with Crippen LogP contribution in [0.25, 0.3) is 201 Å². The van der Waals surface area contributed by atoms with Gasteiger partial charge in [0.25, 0.3) is 0 Å². The molecule has 1 amide bonds. The van der Waals surface area contributed by atoms with Crippen LogP contribution < -0.4 is 20.4 Å². The summed E-state index contributed by atoms with van der Waals surface area (Å²) in [4.78, 5) is 94.2. The van der Waals surface area contributed by atoms with E-state index in [2.05, 4.69) is 193 Å². The maximum absolute atomic E-state index is 12.2. The van der Waals surface area contributed by atoms with Crippen molar-refractivity contribution in [3.05, 3.63) is 262 Å². The summed E-state index contributed by atoms with van der Waals surface area (Å²) < 4.78 is 0. The number of fused-ring (bicyclic) bond motifs is 8. The van der Waals surface area contributed by atoms with Gasteiger partial charge in [-0.05, 0) is 189 Å². The second kappa shape index (κ2) is 35.9. The van der Waals surface area contributed by atoms with Gasteiger partial charge in [0.05, 0.1) is 116 Å². The van der Waals surface area contributed by atoms with Gasteiger partial charge in [-0.3, -0.25) is 75.0 Å². The number of imidazole rings is 4. The molecular formula is C100H88N30O. The second-order valence-electron chi connectivity index (χ2n) is 33.1. The van der Waals surface area contributed by atoms with Crippen LogP contribution in [0.5, 0.6) is 0 Å². The van der Waals surface area contributed by atoms with E-state index in [0.717, 1.165) is 233 Å². The molecule has 0 saturated carbocycles. The predicted octanol–water partition coefficient (Wildman–Crippen LogP) is 19.4. The van der Waals surface area contributed by atoms with Crippen LogP contribution in [0, 0.1) is 12.8 Å². The quantitative estimate of drug-likeness (QED) is 0.0405. The minimum absolute atomic E-state index is 0.00943. The fourth-order valence-electron chi connectivity index (χ4n) is 17.3. The molecule has 2 aliphatic rings. The Morgan fingerprint density at radius 1 is 0.366 bits per heavy atom. The van der Waals surface area contributed by atoms with Crippen molar-refractivity contribution < 1.29 is 4.79 Å². The number of H-pyrrole nitrogens is 8. The Hall–Kier alpha value is -16.8. The summed E-state index contributed by atoms with van der Waals surface area (Å²) in [6.07, 6.45) is 40.6. The van der Waals surface area contributed by atoms with Gasteiger partial charge in [-0.15, -0.1) is 0 Å². The Kier molecular flexibility index (Phi) is 22.3. The Bertz CT molecular complexity index is 7890. The lowest BCUT2D eigenvalue weighted by molar-refractivity contribution is -0.116. The number of nitrogens with zero attached hydrogens (tertiary/aromatic N) is 20. The molecule has 20 heterocycles. The lowest BCUT2D eigenvalue weighted by atomic mass is 10.0. The first-order chi connectivity index (χ1) is 64.5. The van der Waals surface area contributed by atoms with E-state index in [4.69, 9.17) is 19.9 Å². The summed E-state index contributed by atoms with van der Waals surface area (Å²) in [5, 5.41) is 40.9. The van der Waals surface area contributed by atoms with Crippen LogP contribution in [0.1, 0.15) is 69.9 Å². The predicted molar refractivity (Wildman–Crippen MR) is 513 cm³/mol. The van der Waals surface area contributed by atoms with Gasteiger partial charge in [0.1, 0.15) is 44.8 Å². The summed E-state index contributed by atoms with van der Waals surface area (Å²) in [7, 11) is 1.93. The standard InChI is InChI=1S/C28H30N8O.C25H20N8.C24H23N7.C23H15N7/c1-17(2)10-25(37)31-20-11-19(13-29-14-20)18-6-7-22-21(12-18)26(35-34-22)28-32-23-15-30-16-24(27(23)33-28)36-8-4-3-5-9-36;1-26-10-15-8-17(12-27-11-15)16-5-6-21-18(9-16)24(33-32-21)25-30-22-14-28-13-19(23(22)31-25)20-4-2-3-7-29-20;1-15-7-8-25-12-18(15)16-5-6-19-17(11-16)22(30-29-19)24-27-20-13-26-14-21(23(20)28-24)31-9-3-2-4-10-31;1-2-9-26-18(5-1)17-12-25-13-20-21(17)28-23(27-20)22-16-10-14(6-7-19(16)29-30-22)15-4-3-8-24-11-15/h6-7,11-17H,3-5,8-10H2,1-2H3,(H,31,37)(H,32,33)(H,34,35);2-9,11-14,26H,10H2,1H3,(H,30,31)(H,32,33);5-8,11-14H,2-4,9-10H2,1H3,(H,27,28)(H,29,30);1-13H,(H,27,28)(H,29,30). The molecule has 2 fully saturated rings. The van der Waals surface area contributed by atoms with Crippen molar-refractivity contribution >= 4 is 111 Å². The van der Waals surface area contributed by atoms with Crippen molar-refractivity contribution in [1.82, 2.24) is 136 Å². The van der Waals surface area contributed by atoms with Gasteiger partial charge in [-0.25, -0.2) is 19.9 Å². The third-order valence-corrected chi connectivity index (χ3v) is 23.8. The van der Waals surface area contributed by atoms with E-state index in [0.29, 0.717) is 35.5 Å². The van der Waals surface area contributed by atoms with Crippen molar-refractivity contribution in [2.75, 3.05) is 48.3 Å². The normalized spacial score (nSPS) is 12.9. The molecule has 2 aliphatic heterocycles. The molecular weight excluding hydrogens is 1640 g/mol. The van der Waals surface area contributed by atoms with E-state index < -0.39 is 0 Å². The van der Waals surface area contributed by atoms with Crippen molar-refractivity contribution in [1.29, 1.82) is 0 Å². The van der Waals surface area contributed by atoms with Crippen LogP contribution >= 0.6 is 0 Å². The summed E-state index contributed by atoms with van der Waals surface area (Å²) in [5.74, 6) is 3.11. The highest BCUT2D eigenvalue weighted by atomic mass is 16.1. The largest absolute Gasteiger partial charge is 0.368 e. The molecule has 644 valence electrons. The fraction of sp³-hybridized carbons (Fsp3) is 0.170. The second-order valence-corrected chi connectivity index (χ2v) is 33.1. The SMILES string of the molecule is CC(C)CC(=O)Nc1cncc(-c2ccc3[nH]nc(-c4nc5c(N6CCCCC6)cncc5[nH]4)c3c2)c1.CNCc1cncc(-c2ccc3[nH]nc(-c4nc5c(-c6ccccn6)cncc5[nH]4)c3c2)c1.Cc1ccncc1-c1ccc2[nH]nc(-c3nc4c(N5CCCCC5)cncc4[nH]3)c2c1.c1ccc(-c2cncc3[nH]c(-c4n[nH]c5ccc(-c6cccnc6)cc45)nc23)nc1. The van der Waals surface area contributed by atoms with Gasteiger partial charge < -0.3 is 40.4 Å². The number of carbonyl (C=O) groups excluding carboxylic acids is 1. The molecule has 22 aromatic rings. The average molecular weight is 1730 g/mol. The number of aromatic amines is 8. The molecule has 0 aliphatic carbocycles. The number of hydrogen-bond donors (Lipinski definition) is 10. The smallest absolute Gasteiger partial charge is 0.224 e. The highest BCUT2D eigenvalue weighted by Gasteiger charge is 2.25. The molecule has 4 aromatic carbocycles. The number of hydrogen-bond acceptors (Lipinski definition) is 22. The topological polar surface area (TPSA) is 406 Å².